The molecular weight excluding hydrogens is 374 g/mol. The summed E-state index contributed by atoms with van der Waals surface area (Å²) in [6.45, 7) is 2.61. The number of furan rings is 1. The minimum atomic E-state index is -0.127. The van der Waals surface area contributed by atoms with Crippen LogP contribution in [0.15, 0.2) is 76.1 Å². The van der Waals surface area contributed by atoms with Crippen molar-refractivity contribution in [2.45, 2.75) is 25.9 Å². The maximum atomic E-state index is 13.3. The summed E-state index contributed by atoms with van der Waals surface area (Å²) < 4.78 is 7.09. The zero-order valence-corrected chi connectivity index (χ0v) is 16.2. The molecule has 0 aliphatic rings. The molecule has 4 aromatic rings. The lowest BCUT2D eigenvalue weighted by atomic mass is 10.1. The van der Waals surface area contributed by atoms with Gasteiger partial charge in [0.05, 0.1) is 35.4 Å². The fourth-order valence-corrected chi connectivity index (χ4v) is 3.40. The Balaban J connectivity index is 1.85. The SMILES string of the molecule is CCC(NCc1ccco1)c1nc2ccccc2c(=O)n1-c1ccc(Cl)cc1. The lowest BCUT2D eigenvalue weighted by Gasteiger charge is -2.21. The average Bonchev–Trinajstić information content (AvgIpc) is 3.23. The Hall–Kier alpha value is -2.89. The number of para-hydroxylation sites is 1. The normalized spacial score (nSPS) is 12.4. The second-order valence-electron chi connectivity index (χ2n) is 6.53. The highest BCUT2D eigenvalue weighted by atomic mass is 35.5. The van der Waals surface area contributed by atoms with E-state index in [4.69, 9.17) is 21.0 Å². The number of fused-ring (bicyclic) bond motifs is 1. The molecule has 0 bridgehead atoms. The molecule has 4 rings (SSSR count). The van der Waals surface area contributed by atoms with Crippen LogP contribution in [0.5, 0.6) is 0 Å². The van der Waals surface area contributed by atoms with Crippen molar-refractivity contribution in [2.24, 2.45) is 0 Å². The van der Waals surface area contributed by atoms with Crippen molar-refractivity contribution in [3.05, 3.63) is 93.9 Å². The second kappa shape index (κ2) is 8.00. The Bertz CT molecular complexity index is 1130. The number of aromatic nitrogens is 2. The molecule has 1 unspecified atom stereocenters. The molecular formula is C22H20ClN3O2. The standard InChI is InChI=1S/C22H20ClN3O2/c1-2-19(24-14-17-6-5-13-28-17)21-25-20-8-4-3-7-18(20)22(27)26(21)16-11-9-15(23)10-12-16/h3-13,19,24H,2,14H2,1H3. The zero-order valence-electron chi connectivity index (χ0n) is 15.4. The van der Waals surface area contributed by atoms with Crippen LogP contribution >= 0.6 is 11.6 Å². The number of nitrogens with zero attached hydrogens (tertiary/aromatic N) is 2. The monoisotopic (exact) mass is 393 g/mol. The fraction of sp³-hybridized carbons (Fsp3) is 0.182. The van der Waals surface area contributed by atoms with Gasteiger partial charge >= 0.3 is 0 Å². The largest absolute Gasteiger partial charge is 0.468 e. The maximum absolute atomic E-state index is 13.3. The molecule has 0 saturated carbocycles. The summed E-state index contributed by atoms with van der Waals surface area (Å²) in [7, 11) is 0. The van der Waals surface area contributed by atoms with Crippen molar-refractivity contribution < 1.29 is 4.42 Å². The van der Waals surface area contributed by atoms with Crippen molar-refractivity contribution in [2.75, 3.05) is 0 Å². The quantitative estimate of drug-likeness (QED) is 0.507. The van der Waals surface area contributed by atoms with Crippen LogP contribution in [0.2, 0.25) is 5.02 Å². The summed E-state index contributed by atoms with van der Waals surface area (Å²) in [6, 6.07) is 18.3. The van der Waals surface area contributed by atoms with Gasteiger partial charge in [0.25, 0.3) is 5.56 Å². The Labute approximate surface area is 167 Å². The molecule has 0 fully saturated rings. The van der Waals surface area contributed by atoms with E-state index in [-0.39, 0.29) is 11.6 Å². The Morgan fingerprint density at radius 1 is 1.11 bits per heavy atom. The maximum Gasteiger partial charge on any atom is 0.266 e. The van der Waals surface area contributed by atoms with Gasteiger partial charge in [-0.15, -0.1) is 0 Å². The zero-order chi connectivity index (χ0) is 19.5. The third-order valence-electron chi connectivity index (χ3n) is 4.71. The van der Waals surface area contributed by atoms with E-state index in [2.05, 4.69) is 12.2 Å². The van der Waals surface area contributed by atoms with Crippen LogP contribution in [0.4, 0.5) is 0 Å². The molecule has 2 heterocycles. The highest BCUT2D eigenvalue weighted by Gasteiger charge is 2.20. The molecule has 2 aromatic heterocycles. The van der Waals surface area contributed by atoms with Gasteiger partial charge in [-0.25, -0.2) is 4.98 Å². The van der Waals surface area contributed by atoms with E-state index in [1.807, 2.05) is 42.5 Å². The molecule has 1 atom stereocenters. The number of nitrogens with one attached hydrogen (secondary N) is 1. The van der Waals surface area contributed by atoms with Crippen LogP contribution < -0.4 is 10.9 Å². The molecule has 0 aliphatic carbocycles. The lowest BCUT2D eigenvalue weighted by Crippen LogP contribution is -2.31. The molecule has 142 valence electrons. The van der Waals surface area contributed by atoms with E-state index < -0.39 is 0 Å². The van der Waals surface area contributed by atoms with Crippen molar-refractivity contribution in [3.8, 4) is 5.69 Å². The number of benzene rings is 2. The fourth-order valence-electron chi connectivity index (χ4n) is 3.28. The minimum absolute atomic E-state index is 0.0961. The summed E-state index contributed by atoms with van der Waals surface area (Å²) >= 11 is 6.04. The van der Waals surface area contributed by atoms with Crippen molar-refractivity contribution in [3.63, 3.8) is 0 Å². The van der Waals surface area contributed by atoms with Gasteiger partial charge in [-0.3, -0.25) is 9.36 Å². The van der Waals surface area contributed by atoms with Gasteiger partial charge in [0.1, 0.15) is 11.6 Å². The first-order valence-electron chi connectivity index (χ1n) is 9.20. The number of hydrogen-bond donors (Lipinski definition) is 1. The summed E-state index contributed by atoms with van der Waals surface area (Å²) in [4.78, 5) is 18.2. The van der Waals surface area contributed by atoms with Crippen LogP contribution in [0.1, 0.15) is 31.0 Å². The first kappa shape index (κ1) is 18.5. The molecule has 1 N–H and O–H groups in total. The topological polar surface area (TPSA) is 60.1 Å². The molecule has 0 radical (unpaired) electrons. The van der Waals surface area contributed by atoms with Gasteiger partial charge in [0.2, 0.25) is 0 Å². The van der Waals surface area contributed by atoms with Crippen LogP contribution in [0.3, 0.4) is 0 Å². The van der Waals surface area contributed by atoms with E-state index >= 15 is 0 Å². The summed E-state index contributed by atoms with van der Waals surface area (Å²) in [5.41, 5.74) is 1.33. The summed E-state index contributed by atoms with van der Waals surface area (Å²) in [6.07, 6.45) is 2.41. The van der Waals surface area contributed by atoms with Crippen LogP contribution in [0, 0.1) is 0 Å². The van der Waals surface area contributed by atoms with E-state index in [1.165, 1.54) is 0 Å². The van der Waals surface area contributed by atoms with Gasteiger partial charge in [0, 0.05) is 5.02 Å². The number of rotatable bonds is 6. The van der Waals surface area contributed by atoms with Gasteiger partial charge in [-0.1, -0.05) is 30.7 Å². The van der Waals surface area contributed by atoms with Crippen LogP contribution in [0.25, 0.3) is 16.6 Å². The van der Waals surface area contributed by atoms with Crippen molar-refractivity contribution in [1.82, 2.24) is 14.9 Å². The van der Waals surface area contributed by atoms with E-state index in [0.717, 1.165) is 17.9 Å². The Kier molecular flexibility index (Phi) is 5.28. The predicted octanol–water partition coefficient (Wildman–Crippen LogP) is 4.87. The minimum Gasteiger partial charge on any atom is -0.468 e. The van der Waals surface area contributed by atoms with Gasteiger partial charge in [-0.05, 0) is 55.0 Å². The predicted molar refractivity (Wildman–Crippen MR) is 111 cm³/mol. The number of halogens is 1. The first-order chi connectivity index (χ1) is 13.7. The van der Waals surface area contributed by atoms with E-state index in [1.54, 1.807) is 29.0 Å². The molecule has 28 heavy (non-hydrogen) atoms. The molecule has 0 amide bonds. The van der Waals surface area contributed by atoms with Crippen molar-refractivity contribution in [1.29, 1.82) is 0 Å². The van der Waals surface area contributed by atoms with E-state index in [0.29, 0.717) is 28.3 Å². The van der Waals surface area contributed by atoms with Crippen LogP contribution in [-0.4, -0.2) is 9.55 Å². The summed E-state index contributed by atoms with van der Waals surface area (Å²) in [5.74, 6) is 1.50. The van der Waals surface area contributed by atoms with E-state index in [9.17, 15) is 4.79 Å². The van der Waals surface area contributed by atoms with Gasteiger partial charge in [-0.2, -0.15) is 0 Å². The van der Waals surface area contributed by atoms with Gasteiger partial charge in [0.15, 0.2) is 0 Å². The molecule has 0 spiro atoms. The summed E-state index contributed by atoms with van der Waals surface area (Å²) in [5, 5.41) is 4.67. The van der Waals surface area contributed by atoms with Crippen molar-refractivity contribution >= 4 is 22.5 Å². The third-order valence-corrected chi connectivity index (χ3v) is 4.96. The first-order valence-corrected chi connectivity index (χ1v) is 9.58. The average molecular weight is 394 g/mol. The third kappa shape index (κ3) is 3.59. The highest BCUT2D eigenvalue weighted by molar-refractivity contribution is 6.30. The van der Waals surface area contributed by atoms with Crippen LogP contribution in [-0.2, 0) is 6.54 Å². The van der Waals surface area contributed by atoms with Gasteiger partial charge < -0.3 is 9.73 Å². The Morgan fingerprint density at radius 2 is 1.89 bits per heavy atom. The number of hydrogen-bond acceptors (Lipinski definition) is 4. The lowest BCUT2D eigenvalue weighted by molar-refractivity contribution is 0.428. The smallest absolute Gasteiger partial charge is 0.266 e. The molecule has 6 heteroatoms. The Morgan fingerprint density at radius 3 is 2.61 bits per heavy atom. The molecule has 2 aromatic carbocycles. The molecule has 0 aliphatic heterocycles. The molecule has 0 saturated heterocycles. The highest BCUT2D eigenvalue weighted by Crippen LogP contribution is 2.22. The second-order valence-corrected chi connectivity index (χ2v) is 6.96. The molecule has 5 nitrogen and oxygen atoms in total.